The minimum absolute atomic E-state index is 0.145. The summed E-state index contributed by atoms with van der Waals surface area (Å²) in [5.41, 5.74) is 5.53. The second kappa shape index (κ2) is 9.75. The van der Waals surface area contributed by atoms with Gasteiger partial charge in [0.15, 0.2) is 0 Å². The Morgan fingerprint density at radius 1 is 1.32 bits per heavy atom. The fraction of sp³-hybridized carbons (Fsp3) is 0.350. The van der Waals surface area contributed by atoms with E-state index in [1.807, 2.05) is 47.3 Å². The number of rotatable bonds is 5. The molecule has 166 valence electrons. The molecule has 11 heteroatoms. The summed E-state index contributed by atoms with van der Waals surface area (Å²) in [6.07, 6.45) is -2.17. The van der Waals surface area contributed by atoms with Gasteiger partial charge in [-0.3, -0.25) is 5.10 Å². The molecular formula is C20H22F3N5O3. The summed E-state index contributed by atoms with van der Waals surface area (Å²) in [6.45, 7) is 4.25. The zero-order valence-corrected chi connectivity index (χ0v) is 16.7. The Hall–Kier alpha value is -3.18. The van der Waals surface area contributed by atoms with Crippen LogP contribution in [0.3, 0.4) is 0 Å². The maximum Gasteiger partial charge on any atom is 0.490 e. The molecule has 8 nitrogen and oxygen atoms in total. The number of aromatic nitrogens is 4. The number of carboxylic acid groups (broad SMARTS) is 1. The summed E-state index contributed by atoms with van der Waals surface area (Å²) < 4.78 is 39.2. The molecule has 3 heterocycles. The van der Waals surface area contributed by atoms with Crippen LogP contribution in [0, 0.1) is 0 Å². The number of alkyl halides is 3. The van der Waals surface area contributed by atoms with Crippen molar-refractivity contribution in [3.63, 3.8) is 0 Å². The van der Waals surface area contributed by atoms with Crippen LogP contribution in [-0.4, -0.2) is 43.8 Å². The Kier molecular flexibility index (Phi) is 7.08. The predicted octanol–water partition coefficient (Wildman–Crippen LogP) is 3.15. The highest BCUT2D eigenvalue weighted by molar-refractivity contribution is 5.73. The molecule has 4 rings (SSSR count). The first-order chi connectivity index (χ1) is 14.8. The van der Waals surface area contributed by atoms with Gasteiger partial charge in [-0.05, 0) is 25.1 Å². The van der Waals surface area contributed by atoms with E-state index in [1.165, 1.54) is 11.3 Å². The summed E-state index contributed by atoms with van der Waals surface area (Å²) in [4.78, 5) is 8.90. The summed E-state index contributed by atoms with van der Waals surface area (Å²) in [7, 11) is 0. The number of nitrogens with zero attached hydrogens (tertiary/aromatic N) is 3. The average Bonchev–Trinajstić information content (AvgIpc) is 3.40. The smallest absolute Gasteiger partial charge is 0.475 e. The Bertz CT molecular complexity index is 1000. The Balaban J connectivity index is 0.000000339. The lowest BCUT2D eigenvalue weighted by Crippen LogP contribution is -2.21. The van der Waals surface area contributed by atoms with E-state index in [2.05, 4.69) is 27.5 Å². The number of ether oxygens (including phenoxy) is 1. The third-order valence-corrected chi connectivity index (χ3v) is 4.67. The lowest BCUT2D eigenvalue weighted by atomic mass is 10.1. The fourth-order valence-corrected chi connectivity index (χ4v) is 2.96. The molecule has 1 aliphatic heterocycles. The molecule has 1 unspecified atom stereocenters. The minimum atomic E-state index is -5.08. The Morgan fingerprint density at radius 2 is 2.03 bits per heavy atom. The maximum atomic E-state index is 10.6. The molecule has 1 aromatic carbocycles. The quantitative estimate of drug-likeness (QED) is 0.566. The van der Waals surface area contributed by atoms with Gasteiger partial charge in [0, 0.05) is 36.5 Å². The number of hydrogen-bond donors (Lipinski definition) is 3. The van der Waals surface area contributed by atoms with Crippen LogP contribution in [0.5, 0.6) is 0 Å². The van der Waals surface area contributed by atoms with Crippen molar-refractivity contribution in [2.45, 2.75) is 38.7 Å². The van der Waals surface area contributed by atoms with Crippen LogP contribution in [-0.2, 0) is 29.1 Å². The number of nitrogens with one attached hydrogen (secondary N) is 2. The van der Waals surface area contributed by atoms with Gasteiger partial charge < -0.3 is 15.2 Å². The van der Waals surface area contributed by atoms with Crippen molar-refractivity contribution in [2.75, 3.05) is 6.61 Å². The molecule has 3 N–H and O–H groups in total. The number of aromatic amines is 1. The minimum Gasteiger partial charge on any atom is -0.475 e. The molecular weight excluding hydrogens is 415 g/mol. The van der Waals surface area contributed by atoms with Crippen LogP contribution >= 0.6 is 0 Å². The van der Waals surface area contributed by atoms with Crippen molar-refractivity contribution in [2.24, 2.45) is 0 Å². The van der Waals surface area contributed by atoms with Gasteiger partial charge in [-0.1, -0.05) is 18.2 Å². The van der Waals surface area contributed by atoms with E-state index >= 15 is 0 Å². The van der Waals surface area contributed by atoms with Crippen molar-refractivity contribution < 1.29 is 27.8 Å². The van der Waals surface area contributed by atoms with Gasteiger partial charge in [0.1, 0.15) is 0 Å². The van der Waals surface area contributed by atoms with Gasteiger partial charge in [-0.15, -0.1) is 0 Å². The second-order valence-electron chi connectivity index (χ2n) is 6.86. The maximum absolute atomic E-state index is 10.6. The standard InChI is InChI=1S/C18H21N5O.C2HF3O2/c1-13(16-7-9-23(22-16)14-5-3-2-4-6-14)19-11-18-15-12-24-10-8-17(15)20-21-18;3-2(4,5)1(6)7/h2-7,9,13,19H,8,10-12H2,1H3,(H,20,21);(H,6,7). The SMILES string of the molecule is CC(NCc1n[nH]c2c1COCC2)c1ccn(-c2ccccc2)n1.O=C(O)C(F)(F)F. The van der Waals surface area contributed by atoms with Crippen LogP contribution in [0.1, 0.15) is 35.6 Å². The molecule has 0 aliphatic carbocycles. The van der Waals surface area contributed by atoms with Crippen LogP contribution in [0.2, 0.25) is 0 Å². The van der Waals surface area contributed by atoms with E-state index in [1.54, 1.807) is 0 Å². The number of hydrogen-bond acceptors (Lipinski definition) is 5. The molecule has 0 bridgehead atoms. The number of halogens is 3. The summed E-state index contributed by atoms with van der Waals surface area (Å²) in [6, 6.07) is 12.3. The van der Waals surface area contributed by atoms with E-state index < -0.39 is 12.1 Å². The number of H-pyrrole nitrogens is 1. The first-order valence-corrected chi connectivity index (χ1v) is 9.53. The zero-order chi connectivity index (χ0) is 22.4. The number of carboxylic acids is 1. The average molecular weight is 437 g/mol. The van der Waals surface area contributed by atoms with Crippen molar-refractivity contribution in [3.8, 4) is 5.69 Å². The van der Waals surface area contributed by atoms with Crippen LogP contribution in [0.4, 0.5) is 13.2 Å². The highest BCUT2D eigenvalue weighted by Gasteiger charge is 2.38. The number of fused-ring (bicyclic) bond motifs is 1. The summed E-state index contributed by atoms with van der Waals surface area (Å²) in [5.74, 6) is -2.76. The predicted molar refractivity (Wildman–Crippen MR) is 104 cm³/mol. The van der Waals surface area contributed by atoms with Crippen molar-refractivity contribution in [1.29, 1.82) is 0 Å². The normalized spacial score (nSPS) is 14.3. The molecule has 1 atom stereocenters. The van der Waals surface area contributed by atoms with Crippen LogP contribution in [0.25, 0.3) is 5.69 Å². The monoisotopic (exact) mass is 437 g/mol. The van der Waals surface area contributed by atoms with Gasteiger partial charge in [-0.25, -0.2) is 9.48 Å². The molecule has 0 spiro atoms. The number of carbonyl (C=O) groups is 1. The molecule has 0 fully saturated rings. The lowest BCUT2D eigenvalue weighted by Gasteiger charge is -2.14. The van der Waals surface area contributed by atoms with E-state index in [0.717, 1.165) is 30.1 Å². The van der Waals surface area contributed by atoms with Gasteiger partial charge in [0.05, 0.1) is 30.3 Å². The first kappa shape index (κ1) is 22.5. The van der Waals surface area contributed by atoms with E-state index in [0.29, 0.717) is 13.2 Å². The Labute approximate surface area is 176 Å². The van der Waals surface area contributed by atoms with E-state index in [9.17, 15) is 13.2 Å². The van der Waals surface area contributed by atoms with Gasteiger partial charge >= 0.3 is 12.1 Å². The summed E-state index contributed by atoms with van der Waals surface area (Å²) in [5, 5.41) is 22.8. The third-order valence-electron chi connectivity index (χ3n) is 4.67. The topological polar surface area (TPSA) is 105 Å². The first-order valence-electron chi connectivity index (χ1n) is 9.53. The van der Waals surface area contributed by atoms with E-state index in [4.69, 9.17) is 14.6 Å². The second-order valence-corrected chi connectivity index (χ2v) is 6.86. The number of aliphatic carboxylic acids is 1. The zero-order valence-electron chi connectivity index (χ0n) is 16.7. The van der Waals surface area contributed by atoms with E-state index in [-0.39, 0.29) is 6.04 Å². The fourth-order valence-electron chi connectivity index (χ4n) is 2.96. The number of benzene rings is 1. The van der Waals surface area contributed by atoms with Gasteiger partial charge in [0.2, 0.25) is 0 Å². The molecule has 31 heavy (non-hydrogen) atoms. The summed E-state index contributed by atoms with van der Waals surface area (Å²) >= 11 is 0. The highest BCUT2D eigenvalue weighted by Crippen LogP contribution is 2.19. The molecule has 2 aromatic heterocycles. The molecule has 0 radical (unpaired) electrons. The molecule has 0 saturated heterocycles. The Morgan fingerprint density at radius 3 is 2.71 bits per heavy atom. The largest absolute Gasteiger partial charge is 0.490 e. The van der Waals surface area contributed by atoms with Gasteiger partial charge in [0.25, 0.3) is 0 Å². The molecule has 1 aliphatic rings. The van der Waals surface area contributed by atoms with Gasteiger partial charge in [-0.2, -0.15) is 23.4 Å². The lowest BCUT2D eigenvalue weighted by molar-refractivity contribution is -0.192. The van der Waals surface area contributed by atoms with Crippen molar-refractivity contribution >= 4 is 5.97 Å². The molecule has 0 amide bonds. The molecule has 0 saturated carbocycles. The number of para-hydroxylation sites is 1. The van der Waals surface area contributed by atoms with Crippen molar-refractivity contribution in [1.82, 2.24) is 25.3 Å². The molecule has 3 aromatic rings. The van der Waals surface area contributed by atoms with Crippen LogP contribution < -0.4 is 5.32 Å². The van der Waals surface area contributed by atoms with Crippen LogP contribution in [0.15, 0.2) is 42.6 Å². The van der Waals surface area contributed by atoms with Crippen molar-refractivity contribution in [3.05, 3.63) is 65.2 Å². The third kappa shape index (κ3) is 5.92. The highest BCUT2D eigenvalue weighted by atomic mass is 19.4.